The van der Waals surface area contributed by atoms with Crippen LogP contribution in [0, 0.1) is 11.8 Å². The van der Waals surface area contributed by atoms with E-state index in [9.17, 15) is 4.79 Å². The minimum atomic E-state index is -0.188. The van der Waals surface area contributed by atoms with Gasteiger partial charge in [-0.1, -0.05) is 17.5 Å². The number of amides is 1. The molecular formula is C8H7ClN2OS. The summed E-state index contributed by atoms with van der Waals surface area (Å²) < 4.78 is 3.78. The highest BCUT2D eigenvalue weighted by Gasteiger charge is 2.07. The zero-order chi connectivity index (χ0) is 9.68. The molecule has 0 radical (unpaired) electrons. The van der Waals surface area contributed by atoms with Gasteiger partial charge in [0, 0.05) is 6.07 Å². The highest BCUT2D eigenvalue weighted by molar-refractivity contribution is 7.08. The van der Waals surface area contributed by atoms with Crippen LogP contribution in [0.15, 0.2) is 6.07 Å². The highest BCUT2D eigenvalue weighted by Crippen LogP contribution is 2.13. The van der Waals surface area contributed by atoms with Gasteiger partial charge < -0.3 is 5.32 Å². The summed E-state index contributed by atoms with van der Waals surface area (Å²) in [5.41, 5.74) is 0. The molecule has 1 N–H and O–H groups in total. The molecule has 0 atom stereocenters. The summed E-state index contributed by atoms with van der Waals surface area (Å²) in [5, 5.41) is 2.96. The van der Waals surface area contributed by atoms with Gasteiger partial charge in [0.05, 0.1) is 6.54 Å². The molecule has 1 aromatic rings. The average molecular weight is 215 g/mol. The van der Waals surface area contributed by atoms with Crippen LogP contribution in [-0.2, 0) is 0 Å². The van der Waals surface area contributed by atoms with Gasteiger partial charge in [-0.3, -0.25) is 4.79 Å². The Labute approximate surface area is 85.3 Å². The van der Waals surface area contributed by atoms with Crippen LogP contribution >= 0.6 is 23.1 Å². The van der Waals surface area contributed by atoms with Crippen molar-refractivity contribution in [2.24, 2.45) is 0 Å². The number of carbonyl (C=O) groups is 1. The Bertz CT molecular complexity index is 364. The third-order valence-electron chi connectivity index (χ3n) is 1.22. The summed E-state index contributed by atoms with van der Waals surface area (Å²) in [5.74, 6) is 5.21. The summed E-state index contributed by atoms with van der Waals surface area (Å²) >= 11 is 6.63. The van der Waals surface area contributed by atoms with E-state index in [1.54, 1.807) is 6.92 Å². The molecule has 1 heterocycles. The Balaban J connectivity index is 2.52. The third kappa shape index (κ3) is 3.05. The largest absolute Gasteiger partial charge is 0.340 e. The predicted molar refractivity (Wildman–Crippen MR) is 52.9 cm³/mol. The fourth-order valence-electron chi connectivity index (χ4n) is 0.661. The molecule has 0 aliphatic rings. The quantitative estimate of drug-likeness (QED) is 0.759. The lowest BCUT2D eigenvalue weighted by Gasteiger charge is -1.95. The normalized spacial score (nSPS) is 8.77. The van der Waals surface area contributed by atoms with Crippen molar-refractivity contribution < 1.29 is 4.79 Å². The first-order valence-electron chi connectivity index (χ1n) is 3.54. The predicted octanol–water partition coefficient (Wildman–Crippen LogP) is 1.55. The fraction of sp³-hybridized carbons (Fsp3) is 0.250. The van der Waals surface area contributed by atoms with Crippen LogP contribution in [0.3, 0.4) is 0 Å². The Morgan fingerprint density at radius 3 is 3.15 bits per heavy atom. The second-order valence-corrected chi connectivity index (χ2v) is 3.32. The maximum Gasteiger partial charge on any atom is 0.263 e. The standard InChI is InChI=1S/C8H7ClN2OS/c1-2-3-4-10-8(12)6-5-7(9)11-13-6/h5H,4H2,1H3,(H,10,12). The van der Waals surface area contributed by atoms with E-state index < -0.39 is 0 Å². The summed E-state index contributed by atoms with van der Waals surface area (Å²) in [6.07, 6.45) is 0. The SMILES string of the molecule is CC#CCNC(=O)c1cc(Cl)ns1. The molecule has 0 aliphatic carbocycles. The van der Waals surface area contributed by atoms with Crippen LogP contribution < -0.4 is 5.32 Å². The molecule has 0 unspecified atom stereocenters. The fourth-order valence-corrected chi connectivity index (χ4v) is 1.50. The smallest absolute Gasteiger partial charge is 0.263 e. The molecule has 68 valence electrons. The van der Waals surface area contributed by atoms with E-state index in [2.05, 4.69) is 21.5 Å². The second kappa shape index (κ2) is 4.85. The van der Waals surface area contributed by atoms with Crippen LogP contribution in [0.5, 0.6) is 0 Å². The summed E-state index contributed by atoms with van der Waals surface area (Å²) in [4.78, 5) is 11.8. The van der Waals surface area contributed by atoms with E-state index in [4.69, 9.17) is 11.6 Å². The number of hydrogen-bond acceptors (Lipinski definition) is 3. The molecule has 1 amide bonds. The number of halogens is 1. The van der Waals surface area contributed by atoms with Crippen molar-refractivity contribution >= 4 is 29.0 Å². The van der Waals surface area contributed by atoms with Gasteiger partial charge in [-0.25, -0.2) is 0 Å². The van der Waals surface area contributed by atoms with Gasteiger partial charge >= 0.3 is 0 Å². The van der Waals surface area contributed by atoms with E-state index >= 15 is 0 Å². The van der Waals surface area contributed by atoms with Gasteiger partial charge in [0.25, 0.3) is 5.91 Å². The molecule has 0 bridgehead atoms. The Hall–Kier alpha value is -1.05. The van der Waals surface area contributed by atoms with Crippen molar-refractivity contribution in [3.63, 3.8) is 0 Å². The van der Waals surface area contributed by atoms with Crippen molar-refractivity contribution in [2.45, 2.75) is 6.92 Å². The highest BCUT2D eigenvalue weighted by atomic mass is 35.5. The lowest BCUT2D eigenvalue weighted by molar-refractivity contribution is 0.0962. The number of nitrogens with one attached hydrogen (secondary N) is 1. The maximum atomic E-state index is 11.3. The minimum absolute atomic E-state index is 0.188. The van der Waals surface area contributed by atoms with E-state index in [1.807, 2.05) is 0 Å². The van der Waals surface area contributed by atoms with Gasteiger partial charge in [-0.15, -0.1) is 5.92 Å². The first-order valence-corrected chi connectivity index (χ1v) is 4.69. The van der Waals surface area contributed by atoms with Crippen molar-refractivity contribution in [2.75, 3.05) is 6.54 Å². The molecular weight excluding hydrogens is 208 g/mol. The Kier molecular flexibility index (Phi) is 3.74. The lowest BCUT2D eigenvalue weighted by Crippen LogP contribution is -2.22. The van der Waals surface area contributed by atoms with Crippen LogP contribution in [-0.4, -0.2) is 16.8 Å². The number of hydrogen-bond donors (Lipinski definition) is 1. The molecule has 1 aromatic heterocycles. The molecule has 5 heteroatoms. The molecule has 0 spiro atoms. The summed E-state index contributed by atoms with van der Waals surface area (Å²) in [6, 6.07) is 1.53. The zero-order valence-electron chi connectivity index (χ0n) is 6.93. The number of aromatic nitrogens is 1. The first kappa shape index (κ1) is 10.0. The van der Waals surface area contributed by atoms with E-state index in [1.165, 1.54) is 6.07 Å². The van der Waals surface area contributed by atoms with Gasteiger partial charge in [-0.2, -0.15) is 4.37 Å². The van der Waals surface area contributed by atoms with E-state index in [-0.39, 0.29) is 5.91 Å². The molecule has 0 aromatic carbocycles. The Morgan fingerprint density at radius 1 is 1.85 bits per heavy atom. The molecule has 0 aliphatic heterocycles. The summed E-state index contributed by atoms with van der Waals surface area (Å²) in [6.45, 7) is 2.07. The van der Waals surface area contributed by atoms with Gasteiger partial charge in [0.1, 0.15) is 10.0 Å². The van der Waals surface area contributed by atoms with Crippen LogP contribution in [0.4, 0.5) is 0 Å². The monoisotopic (exact) mass is 214 g/mol. The average Bonchev–Trinajstić information content (AvgIpc) is 2.52. The van der Waals surface area contributed by atoms with Crippen molar-refractivity contribution in [1.82, 2.24) is 9.69 Å². The zero-order valence-corrected chi connectivity index (χ0v) is 8.50. The first-order chi connectivity index (χ1) is 6.24. The number of rotatable bonds is 2. The molecule has 13 heavy (non-hydrogen) atoms. The molecule has 0 fully saturated rings. The van der Waals surface area contributed by atoms with Crippen LogP contribution in [0.2, 0.25) is 5.15 Å². The molecule has 1 rings (SSSR count). The van der Waals surface area contributed by atoms with Gasteiger partial charge in [0.2, 0.25) is 0 Å². The summed E-state index contributed by atoms with van der Waals surface area (Å²) in [7, 11) is 0. The molecule has 0 saturated heterocycles. The third-order valence-corrected chi connectivity index (χ3v) is 2.30. The van der Waals surface area contributed by atoms with E-state index in [0.717, 1.165) is 11.5 Å². The topological polar surface area (TPSA) is 42.0 Å². The van der Waals surface area contributed by atoms with Gasteiger partial charge in [-0.05, 0) is 18.5 Å². The van der Waals surface area contributed by atoms with Crippen molar-refractivity contribution in [3.05, 3.63) is 16.1 Å². The number of nitrogens with zero attached hydrogens (tertiary/aromatic N) is 1. The minimum Gasteiger partial charge on any atom is -0.340 e. The van der Waals surface area contributed by atoms with Crippen LogP contribution in [0.25, 0.3) is 0 Å². The molecule has 3 nitrogen and oxygen atoms in total. The van der Waals surface area contributed by atoms with Crippen molar-refractivity contribution in [3.8, 4) is 11.8 Å². The van der Waals surface area contributed by atoms with Crippen molar-refractivity contribution in [1.29, 1.82) is 0 Å². The maximum absolute atomic E-state index is 11.3. The lowest BCUT2D eigenvalue weighted by atomic mass is 10.4. The number of carbonyl (C=O) groups excluding carboxylic acids is 1. The Morgan fingerprint density at radius 2 is 2.62 bits per heavy atom. The second-order valence-electron chi connectivity index (χ2n) is 2.12. The van der Waals surface area contributed by atoms with Gasteiger partial charge in [0.15, 0.2) is 0 Å². The van der Waals surface area contributed by atoms with Crippen LogP contribution in [0.1, 0.15) is 16.6 Å². The molecule has 0 saturated carbocycles. The van der Waals surface area contributed by atoms with E-state index in [0.29, 0.717) is 16.6 Å².